The summed E-state index contributed by atoms with van der Waals surface area (Å²) < 4.78 is 5.25. The maximum absolute atomic E-state index is 12.1. The summed E-state index contributed by atoms with van der Waals surface area (Å²) in [5, 5.41) is 17.6. The second-order valence-electron chi connectivity index (χ2n) is 3.95. The molecule has 0 saturated carbocycles. The van der Waals surface area contributed by atoms with E-state index in [1.807, 2.05) is 12.1 Å². The summed E-state index contributed by atoms with van der Waals surface area (Å²) in [4.78, 5) is 12.6. The second-order valence-corrected chi connectivity index (χ2v) is 4.70. The minimum absolute atomic E-state index is 0.230. The first-order valence-electron chi connectivity index (χ1n) is 5.68. The standard InChI is InChI=1S/C11H9N7OS/c1-7-10(20-17-14-7)11(19)13-8-3-2-4-9(5-8)18-6-12-15-16-18/h2-6H,1H3,(H,13,19). The van der Waals surface area contributed by atoms with Crippen molar-refractivity contribution in [1.29, 1.82) is 0 Å². The molecule has 0 bridgehead atoms. The van der Waals surface area contributed by atoms with Gasteiger partial charge in [-0.25, -0.2) is 4.68 Å². The number of amides is 1. The lowest BCUT2D eigenvalue weighted by Crippen LogP contribution is -2.11. The Morgan fingerprint density at radius 2 is 2.30 bits per heavy atom. The lowest BCUT2D eigenvalue weighted by Gasteiger charge is -2.05. The van der Waals surface area contributed by atoms with Crippen LogP contribution < -0.4 is 5.32 Å². The van der Waals surface area contributed by atoms with E-state index >= 15 is 0 Å². The van der Waals surface area contributed by atoms with Gasteiger partial charge in [-0.1, -0.05) is 10.6 Å². The topological polar surface area (TPSA) is 98.5 Å². The molecule has 0 unspecified atom stereocenters. The minimum atomic E-state index is -0.230. The van der Waals surface area contributed by atoms with Crippen molar-refractivity contribution in [2.45, 2.75) is 6.92 Å². The van der Waals surface area contributed by atoms with Crippen LogP contribution in [0.25, 0.3) is 5.69 Å². The van der Waals surface area contributed by atoms with E-state index in [0.29, 0.717) is 16.3 Å². The predicted molar refractivity (Wildman–Crippen MR) is 71.8 cm³/mol. The van der Waals surface area contributed by atoms with Gasteiger partial charge in [0.1, 0.15) is 11.2 Å². The highest BCUT2D eigenvalue weighted by Crippen LogP contribution is 2.16. The molecule has 20 heavy (non-hydrogen) atoms. The van der Waals surface area contributed by atoms with Crippen molar-refractivity contribution in [3.8, 4) is 5.69 Å². The van der Waals surface area contributed by atoms with Crippen LogP contribution in [0.5, 0.6) is 0 Å². The molecule has 2 aromatic heterocycles. The highest BCUT2D eigenvalue weighted by atomic mass is 32.1. The quantitative estimate of drug-likeness (QED) is 0.773. The highest BCUT2D eigenvalue weighted by molar-refractivity contribution is 7.08. The van der Waals surface area contributed by atoms with Gasteiger partial charge in [-0.3, -0.25) is 4.79 Å². The van der Waals surface area contributed by atoms with Crippen LogP contribution in [0, 0.1) is 6.92 Å². The average molecular weight is 287 g/mol. The normalized spacial score (nSPS) is 10.4. The molecule has 0 atom stereocenters. The first-order chi connectivity index (χ1) is 9.74. The number of nitrogens with zero attached hydrogens (tertiary/aromatic N) is 6. The van der Waals surface area contributed by atoms with Crippen LogP contribution in [0.3, 0.4) is 0 Å². The van der Waals surface area contributed by atoms with Crippen molar-refractivity contribution in [2.75, 3.05) is 5.32 Å². The first-order valence-corrected chi connectivity index (χ1v) is 6.45. The van der Waals surface area contributed by atoms with E-state index in [1.54, 1.807) is 19.1 Å². The number of anilines is 1. The van der Waals surface area contributed by atoms with Crippen LogP contribution in [-0.2, 0) is 0 Å². The number of nitrogens with one attached hydrogen (secondary N) is 1. The Hall–Kier alpha value is -2.68. The number of rotatable bonds is 3. The smallest absolute Gasteiger partial charge is 0.269 e. The lowest BCUT2D eigenvalue weighted by molar-refractivity contribution is 0.103. The lowest BCUT2D eigenvalue weighted by atomic mass is 10.2. The molecule has 1 amide bonds. The van der Waals surface area contributed by atoms with Gasteiger partial charge in [-0.05, 0) is 47.1 Å². The largest absolute Gasteiger partial charge is 0.321 e. The molecule has 3 aromatic rings. The van der Waals surface area contributed by atoms with E-state index in [2.05, 4.69) is 30.4 Å². The molecular formula is C11H9N7OS. The summed E-state index contributed by atoms with van der Waals surface area (Å²) >= 11 is 1.07. The summed E-state index contributed by atoms with van der Waals surface area (Å²) in [5.41, 5.74) is 2.02. The Kier molecular flexibility index (Phi) is 3.17. The molecule has 9 heteroatoms. The molecule has 0 spiro atoms. The van der Waals surface area contributed by atoms with Gasteiger partial charge in [-0.15, -0.1) is 10.2 Å². The van der Waals surface area contributed by atoms with Crippen molar-refractivity contribution in [3.63, 3.8) is 0 Å². The van der Waals surface area contributed by atoms with Crippen molar-refractivity contribution >= 4 is 23.1 Å². The van der Waals surface area contributed by atoms with E-state index in [-0.39, 0.29) is 5.91 Å². The zero-order valence-electron chi connectivity index (χ0n) is 10.4. The summed E-state index contributed by atoms with van der Waals surface area (Å²) in [6, 6.07) is 7.21. The average Bonchev–Trinajstić information content (AvgIpc) is 3.09. The van der Waals surface area contributed by atoms with Gasteiger partial charge in [0, 0.05) is 5.69 Å². The molecule has 0 radical (unpaired) electrons. The molecule has 0 aliphatic carbocycles. The third-order valence-corrected chi connectivity index (χ3v) is 3.40. The third kappa shape index (κ3) is 2.38. The zero-order chi connectivity index (χ0) is 13.9. The number of tetrazole rings is 1. The summed E-state index contributed by atoms with van der Waals surface area (Å²) in [6.45, 7) is 1.75. The van der Waals surface area contributed by atoms with E-state index in [9.17, 15) is 4.79 Å². The molecule has 1 N–H and O–H groups in total. The maximum atomic E-state index is 12.1. The van der Waals surface area contributed by atoms with Gasteiger partial charge in [0.05, 0.1) is 11.4 Å². The Morgan fingerprint density at radius 3 is 3.00 bits per heavy atom. The van der Waals surface area contributed by atoms with Gasteiger partial charge >= 0.3 is 0 Å². The molecule has 0 aliphatic heterocycles. The van der Waals surface area contributed by atoms with Crippen LogP contribution in [-0.4, -0.2) is 35.7 Å². The molecule has 0 saturated heterocycles. The fourth-order valence-electron chi connectivity index (χ4n) is 1.63. The molecule has 3 rings (SSSR count). The molecule has 0 aliphatic rings. The van der Waals surface area contributed by atoms with Gasteiger partial charge in [-0.2, -0.15) is 0 Å². The monoisotopic (exact) mass is 287 g/mol. The Labute approximate surface area is 117 Å². The molecular weight excluding hydrogens is 278 g/mol. The Bertz CT molecular complexity index is 737. The number of aryl methyl sites for hydroxylation is 1. The van der Waals surface area contributed by atoms with Gasteiger partial charge < -0.3 is 5.32 Å². The number of hydrogen-bond donors (Lipinski definition) is 1. The van der Waals surface area contributed by atoms with Crippen LogP contribution in [0.15, 0.2) is 30.6 Å². The number of benzene rings is 1. The number of hydrogen-bond acceptors (Lipinski definition) is 7. The van der Waals surface area contributed by atoms with Crippen LogP contribution in [0.1, 0.15) is 15.4 Å². The van der Waals surface area contributed by atoms with Crippen LogP contribution in [0.4, 0.5) is 5.69 Å². The Morgan fingerprint density at radius 1 is 1.40 bits per heavy atom. The SMILES string of the molecule is Cc1nnsc1C(=O)Nc1cccc(-n2cnnn2)c1. The van der Waals surface area contributed by atoms with Crippen LogP contribution in [0.2, 0.25) is 0 Å². The van der Waals surface area contributed by atoms with Crippen molar-refractivity contribution in [2.24, 2.45) is 0 Å². The molecule has 8 nitrogen and oxygen atoms in total. The highest BCUT2D eigenvalue weighted by Gasteiger charge is 2.13. The number of carbonyl (C=O) groups is 1. The molecule has 2 heterocycles. The van der Waals surface area contributed by atoms with Gasteiger partial charge in [0.2, 0.25) is 0 Å². The molecule has 0 fully saturated rings. The fourth-order valence-corrected chi connectivity index (χ4v) is 2.19. The number of aromatic nitrogens is 6. The first kappa shape index (κ1) is 12.4. The fraction of sp³-hybridized carbons (Fsp3) is 0.0909. The summed E-state index contributed by atoms with van der Waals surface area (Å²) in [5.74, 6) is -0.230. The van der Waals surface area contributed by atoms with Gasteiger partial charge in [0.25, 0.3) is 5.91 Å². The maximum Gasteiger partial charge on any atom is 0.269 e. The van der Waals surface area contributed by atoms with Crippen molar-refractivity contribution in [1.82, 2.24) is 29.8 Å². The van der Waals surface area contributed by atoms with Crippen LogP contribution >= 0.6 is 11.5 Å². The summed E-state index contributed by atoms with van der Waals surface area (Å²) in [6.07, 6.45) is 1.48. The predicted octanol–water partition coefficient (Wildman–Crippen LogP) is 1.07. The minimum Gasteiger partial charge on any atom is -0.321 e. The van der Waals surface area contributed by atoms with Gasteiger partial charge in [0.15, 0.2) is 0 Å². The zero-order valence-corrected chi connectivity index (χ0v) is 11.2. The van der Waals surface area contributed by atoms with E-state index in [0.717, 1.165) is 17.2 Å². The Balaban J connectivity index is 1.83. The van der Waals surface area contributed by atoms with E-state index < -0.39 is 0 Å². The molecule has 100 valence electrons. The summed E-state index contributed by atoms with van der Waals surface area (Å²) in [7, 11) is 0. The third-order valence-electron chi connectivity index (χ3n) is 2.58. The number of carbonyl (C=O) groups excluding carboxylic acids is 1. The second kappa shape index (κ2) is 5.13. The van der Waals surface area contributed by atoms with E-state index in [4.69, 9.17) is 0 Å². The van der Waals surface area contributed by atoms with Crippen molar-refractivity contribution in [3.05, 3.63) is 41.2 Å². The van der Waals surface area contributed by atoms with Crippen molar-refractivity contribution < 1.29 is 4.79 Å². The van der Waals surface area contributed by atoms with E-state index in [1.165, 1.54) is 11.0 Å². The molecule has 1 aromatic carbocycles.